The Bertz CT molecular complexity index is 381. The number of rotatable bonds is 3. The van der Waals surface area contributed by atoms with E-state index < -0.39 is 0 Å². The van der Waals surface area contributed by atoms with Crippen LogP contribution in [0.4, 0.5) is 0 Å². The molecule has 0 radical (unpaired) electrons. The molecule has 3 unspecified atom stereocenters. The Morgan fingerprint density at radius 3 is 2.59 bits per heavy atom. The highest BCUT2D eigenvalue weighted by Gasteiger charge is 2.38. The zero-order valence-electron chi connectivity index (χ0n) is 9.94. The van der Waals surface area contributed by atoms with Crippen molar-refractivity contribution in [2.45, 2.75) is 25.3 Å². The molecule has 2 fully saturated rings. The van der Waals surface area contributed by atoms with Gasteiger partial charge in [0.25, 0.3) is 0 Å². The topological polar surface area (TPSA) is 29.3 Å². The quantitative estimate of drug-likeness (QED) is 0.914. The van der Waals surface area contributed by atoms with Crippen molar-refractivity contribution < 1.29 is 0 Å². The summed E-state index contributed by atoms with van der Waals surface area (Å²) in [6.07, 6.45) is 4.27. The first-order chi connectivity index (χ1) is 8.28. The van der Waals surface area contributed by atoms with Gasteiger partial charge < -0.3 is 5.73 Å². The fraction of sp³-hybridized carbons (Fsp3) is 0.692. The van der Waals surface area contributed by atoms with Gasteiger partial charge in [0.05, 0.1) is 10.4 Å². The lowest BCUT2D eigenvalue weighted by Crippen LogP contribution is -2.32. The zero-order valence-corrected chi connectivity index (χ0v) is 11.5. The van der Waals surface area contributed by atoms with Crippen molar-refractivity contribution in [3.05, 3.63) is 21.3 Å². The molecule has 0 bridgehead atoms. The molecule has 1 aliphatic heterocycles. The summed E-state index contributed by atoms with van der Waals surface area (Å²) in [4.78, 5) is 3.91. The van der Waals surface area contributed by atoms with E-state index in [0.717, 1.165) is 16.2 Å². The summed E-state index contributed by atoms with van der Waals surface area (Å²) >= 11 is 7.70. The molecule has 0 spiro atoms. The molecule has 4 heteroatoms. The van der Waals surface area contributed by atoms with Gasteiger partial charge >= 0.3 is 0 Å². The summed E-state index contributed by atoms with van der Waals surface area (Å²) in [7, 11) is 0. The standard InChI is InChI=1S/C13H19ClN2S/c14-13-5-4-12(17-13)11(6-15)16-7-9-2-1-3-10(9)8-16/h4-5,9-11H,1-3,6-8,15H2. The van der Waals surface area contributed by atoms with E-state index in [2.05, 4.69) is 11.0 Å². The Morgan fingerprint density at radius 2 is 2.06 bits per heavy atom. The van der Waals surface area contributed by atoms with Gasteiger partial charge in [-0.05, 0) is 36.8 Å². The van der Waals surface area contributed by atoms with Crippen molar-refractivity contribution in [1.82, 2.24) is 4.90 Å². The average Bonchev–Trinajstić information content (AvgIpc) is 2.95. The number of halogens is 1. The Morgan fingerprint density at radius 1 is 1.35 bits per heavy atom. The molecule has 1 aromatic rings. The predicted octanol–water partition coefficient (Wildman–Crippen LogP) is 3.13. The molecule has 2 N–H and O–H groups in total. The zero-order chi connectivity index (χ0) is 11.8. The van der Waals surface area contributed by atoms with E-state index in [9.17, 15) is 0 Å². The van der Waals surface area contributed by atoms with E-state index in [1.165, 1.54) is 37.2 Å². The molecule has 1 saturated carbocycles. The molecule has 2 aliphatic rings. The van der Waals surface area contributed by atoms with Crippen LogP contribution in [0.2, 0.25) is 4.34 Å². The first-order valence-electron chi connectivity index (χ1n) is 6.47. The number of likely N-dealkylation sites (tertiary alicyclic amines) is 1. The third-order valence-electron chi connectivity index (χ3n) is 4.34. The van der Waals surface area contributed by atoms with Crippen LogP contribution >= 0.6 is 22.9 Å². The Balaban J connectivity index is 1.74. The fourth-order valence-electron chi connectivity index (χ4n) is 3.48. The van der Waals surface area contributed by atoms with Crippen molar-refractivity contribution in [1.29, 1.82) is 0 Å². The summed E-state index contributed by atoms with van der Waals surface area (Å²) in [5.41, 5.74) is 5.97. The Hall–Kier alpha value is -0.0900. The fourth-order valence-corrected chi connectivity index (χ4v) is 4.69. The van der Waals surface area contributed by atoms with Crippen LogP contribution in [0.3, 0.4) is 0 Å². The van der Waals surface area contributed by atoms with Gasteiger partial charge in [0.15, 0.2) is 0 Å². The van der Waals surface area contributed by atoms with E-state index in [4.69, 9.17) is 17.3 Å². The Labute approximate surface area is 112 Å². The van der Waals surface area contributed by atoms with Crippen LogP contribution < -0.4 is 5.73 Å². The van der Waals surface area contributed by atoms with E-state index in [0.29, 0.717) is 12.6 Å². The molecule has 1 aromatic heterocycles. The minimum atomic E-state index is 0.387. The van der Waals surface area contributed by atoms with Crippen LogP contribution in [0.1, 0.15) is 30.2 Å². The molecule has 2 nitrogen and oxygen atoms in total. The number of nitrogens with zero attached hydrogens (tertiary/aromatic N) is 1. The summed E-state index contributed by atoms with van der Waals surface area (Å²) in [5.74, 6) is 1.86. The minimum absolute atomic E-state index is 0.387. The largest absolute Gasteiger partial charge is 0.329 e. The molecule has 3 rings (SSSR count). The summed E-state index contributed by atoms with van der Waals surface area (Å²) in [5, 5.41) is 0. The van der Waals surface area contributed by atoms with Crippen molar-refractivity contribution in [3.63, 3.8) is 0 Å². The first-order valence-corrected chi connectivity index (χ1v) is 7.66. The molecular formula is C13H19ClN2S. The van der Waals surface area contributed by atoms with E-state index in [-0.39, 0.29) is 0 Å². The second-order valence-electron chi connectivity index (χ2n) is 5.30. The van der Waals surface area contributed by atoms with Crippen LogP contribution in [0.5, 0.6) is 0 Å². The van der Waals surface area contributed by atoms with Gasteiger partial charge in [-0.1, -0.05) is 18.0 Å². The molecule has 3 atom stereocenters. The van der Waals surface area contributed by atoms with Crippen molar-refractivity contribution in [2.75, 3.05) is 19.6 Å². The maximum Gasteiger partial charge on any atom is 0.0931 e. The van der Waals surface area contributed by atoms with Gasteiger partial charge in [-0.25, -0.2) is 0 Å². The van der Waals surface area contributed by atoms with Gasteiger partial charge in [0.1, 0.15) is 0 Å². The highest BCUT2D eigenvalue weighted by Crippen LogP contribution is 2.41. The van der Waals surface area contributed by atoms with E-state index >= 15 is 0 Å². The molecule has 17 heavy (non-hydrogen) atoms. The SMILES string of the molecule is NCC(c1ccc(Cl)s1)N1CC2CCCC2C1. The summed E-state index contributed by atoms with van der Waals surface area (Å²) in [6, 6.07) is 4.51. The van der Waals surface area contributed by atoms with Crippen molar-refractivity contribution in [3.8, 4) is 0 Å². The maximum atomic E-state index is 6.02. The van der Waals surface area contributed by atoms with Crippen molar-refractivity contribution >= 4 is 22.9 Å². The second kappa shape index (κ2) is 4.88. The van der Waals surface area contributed by atoms with Crippen LogP contribution in [-0.4, -0.2) is 24.5 Å². The van der Waals surface area contributed by atoms with Gasteiger partial charge in [0, 0.05) is 24.5 Å². The molecule has 1 saturated heterocycles. The number of nitrogens with two attached hydrogens (primary N) is 1. The van der Waals surface area contributed by atoms with Gasteiger partial charge in [-0.2, -0.15) is 0 Å². The van der Waals surface area contributed by atoms with E-state index in [1.807, 2.05) is 6.07 Å². The normalized spacial score (nSPS) is 30.7. The second-order valence-corrected chi connectivity index (χ2v) is 7.05. The maximum absolute atomic E-state index is 6.02. The number of hydrogen-bond acceptors (Lipinski definition) is 3. The van der Waals surface area contributed by atoms with Crippen LogP contribution in [0.25, 0.3) is 0 Å². The molecule has 2 heterocycles. The average molecular weight is 271 g/mol. The minimum Gasteiger partial charge on any atom is -0.329 e. The summed E-state index contributed by atoms with van der Waals surface area (Å²) in [6.45, 7) is 3.18. The molecular weight excluding hydrogens is 252 g/mol. The van der Waals surface area contributed by atoms with Gasteiger partial charge in [-0.3, -0.25) is 4.90 Å². The third-order valence-corrected chi connectivity index (χ3v) is 5.67. The highest BCUT2D eigenvalue weighted by molar-refractivity contribution is 7.16. The first kappa shape index (κ1) is 12.0. The Kier molecular flexibility index (Phi) is 3.44. The van der Waals surface area contributed by atoms with Gasteiger partial charge in [-0.15, -0.1) is 11.3 Å². The number of hydrogen-bond donors (Lipinski definition) is 1. The lowest BCUT2D eigenvalue weighted by atomic mass is 10.0. The lowest BCUT2D eigenvalue weighted by molar-refractivity contribution is 0.235. The summed E-state index contributed by atoms with van der Waals surface area (Å²) < 4.78 is 0.873. The predicted molar refractivity (Wildman–Crippen MR) is 73.5 cm³/mol. The van der Waals surface area contributed by atoms with Gasteiger partial charge in [0.2, 0.25) is 0 Å². The van der Waals surface area contributed by atoms with E-state index in [1.54, 1.807) is 11.3 Å². The highest BCUT2D eigenvalue weighted by atomic mass is 35.5. The molecule has 0 aromatic carbocycles. The van der Waals surface area contributed by atoms with Crippen LogP contribution in [-0.2, 0) is 0 Å². The molecule has 0 amide bonds. The lowest BCUT2D eigenvalue weighted by Gasteiger charge is -2.26. The number of fused-ring (bicyclic) bond motifs is 1. The number of thiophene rings is 1. The molecule has 94 valence electrons. The monoisotopic (exact) mass is 270 g/mol. The molecule has 1 aliphatic carbocycles. The van der Waals surface area contributed by atoms with Crippen molar-refractivity contribution in [2.24, 2.45) is 17.6 Å². The third kappa shape index (κ3) is 2.26. The smallest absolute Gasteiger partial charge is 0.0931 e. The van der Waals surface area contributed by atoms with Crippen LogP contribution in [0.15, 0.2) is 12.1 Å². The van der Waals surface area contributed by atoms with Crippen LogP contribution in [0, 0.1) is 11.8 Å².